The Kier molecular flexibility index (Phi) is 3.09. The maximum atomic E-state index is 12.3. The highest BCUT2D eigenvalue weighted by Gasteiger charge is 2.42. The molecule has 0 fully saturated rings. The number of halogens is 3. The Morgan fingerprint density at radius 2 is 1.88 bits per heavy atom. The summed E-state index contributed by atoms with van der Waals surface area (Å²) in [5, 5.41) is 0. The molecule has 0 spiro atoms. The minimum Gasteiger partial charge on any atom is -0.334 e. The Morgan fingerprint density at radius 3 is 2.53 bits per heavy atom. The number of hydrogen-bond acceptors (Lipinski definition) is 1. The van der Waals surface area contributed by atoms with Gasteiger partial charge >= 0.3 is 12.1 Å². The van der Waals surface area contributed by atoms with Gasteiger partial charge in [0.15, 0.2) is 0 Å². The first kappa shape index (κ1) is 12.0. The van der Waals surface area contributed by atoms with E-state index in [0.717, 1.165) is 16.0 Å². The van der Waals surface area contributed by atoms with E-state index in [4.69, 9.17) is 0 Å². The van der Waals surface area contributed by atoms with Crippen LogP contribution in [-0.2, 0) is 17.6 Å². The third-order valence-electron chi connectivity index (χ3n) is 2.88. The number of alkyl halides is 3. The van der Waals surface area contributed by atoms with Crippen LogP contribution >= 0.6 is 0 Å². The van der Waals surface area contributed by atoms with Crippen molar-refractivity contribution in [2.45, 2.75) is 19.0 Å². The summed E-state index contributed by atoms with van der Waals surface area (Å²) >= 11 is 0. The molecule has 1 radical (unpaired) electrons. The molecule has 17 heavy (non-hydrogen) atoms. The highest BCUT2D eigenvalue weighted by molar-refractivity contribution is 5.82. The number of hydrogen-bond donors (Lipinski definition) is 0. The van der Waals surface area contributed by atoms with Gasteiger partial charge in [-0.2, -0.15) is 13.2 Å². The van der Waals surface area contributed by atoms with Gasteiger partial charge in [0.1, 0.15) is 0 Å². The second kappa shape index (κ2) is 4.39. The lowest BCUT2D eigenvalue weighted by atomic mass is 10.0. The highest BCUT2D eigenvalue weighted by atomic mass is 19.4. The quantitative estimate of drug-likeness (QED) is 0.681. The van der Waals surface area contributed by atoms with Crippen molar-refractivity contribution in [1.29, 1.82) is 0 Å². The first-order valence-corrected chi connectivity index (χ1v) is 5.32. The van der Waals surface area contributed by atoms with Crippen LogP contribution in [0, 0.1) is 6.07 Å². The van der Waals surface area contributed by atoms with Gasteiger partial charge in [0, 0.05) is 13.1 Å². The van der Waals surface area contributed by atoms with Gasteiger partial charge in [-0.05, 0) is 30.0 Å². The third-order valence-corrected chi connectivity index (χ3v) is 2.88. The lowest BCUT2D eigenvalue weighted by Gasteiger charge is -2.21. The van der Waals surface area contributed by atoms with Crippen LogP contribution in [0.25, 0.3) is 0 Å². The lowest BCUT2D eigenvalue weighted by Crippen LogP contribution is -2.42. The van der Waals surface area contributed by atoms with Gasteiger partial charge in [0.25, 0.3) is 0 Å². The molecule has 91 valence electrons. The zero-order chi connectivity index (χ0) is 12.5. The molecule has 1 aromatic rings. The van der Waals surface area contributed by atoms with Gasteiger partial charge in [0.05, 0.1) is 0 Å². The fourth-order valence-corrected chi connectivity index (χ4v) is 1.98. The fraction of sp³-hybridized carbons (Fsp3) is 0.417. The summed E-state index contributed by atoms with van der Waals surface area (Å²) in [4.78, 5) is 12.0. The molecular weight excluding hydrogens is 231 g/mol. The average Bonchev–Trinajstić information content (AvgIpc) is 2.49. The van der Waals surface area contributed by atoms with E-state index in [1.807, 2.05) is 6.07 Å². The molecule has 0 N–H and O–H groups in total. The number of fused-ring (bicyclic) bond motifs is 1. The molecule has 2 nitrogen and oxygen atoms in total. The maximum Gasteiger partial charge on any atom is 0.471 e. The molecule has 0 aliphatic carbocycles. The van der Waals surface area contributed by atoms with Crippen LogP contribution in [0.4, 0.5) is 13.2 Å². The van der Waals surface area contributed by atoms with Crippen molar-refractivity contribution in [2.24, 2.45) is 0 Å². The molecular formula is C12H11F3NO. The predicted molar refractivity (Wildman–Crippen MR) is 55.3 cm³/mol. The Bertz CT molecular complexity index is 401. The van der Waals surface area contributed by atoms with E-state index in [2.05, 4.69) is 6.07 Å². The number of nitrogens with zero attached hydrogens (tertiary/aromatic N) is 1. The van der Waals surface area contributed by atoms with E-state index in [9.17, 15) is 18.0 Å². The Morgan fingerprint density at radius 1 is 1.24 bits per heavy atom. The molecule has 1 aliphatic rings. The van der Waals surface area contributed by atoms with Crippen LogP contribution in [0.15, 0.2) is 18.2 Å². The van der Waals surface area contributed by atoms with E-state index in [-0.39, 0.29) is 13.1 Å². The van der Waals surface area contributed by atoms with Crippen LogP contribution in [0.1, 0.15) is 11.1 Å². The monoisotopic (exact) mass is 242 g/mol. The summed E-state index contributed by atoms with van der Waals surface area (Å²) in [7, 11) is 0. The van der Waals surface area contributed by atoms with E-state index in [0.29, 0.717) is 12.8 Å². The van der Waals surface area contributed by atoms with Crippen LogP contribution in [0.2, 0.25) is 0 Å². The van der Waals surface area contributed by atoms with E-state index < -0.39 is 12.1 Å². The minimum atomic E-state index is -4.78. The van der Waals surface area contributed by atoms with Crippen molar-refractivity contribution < 1.29 is 18.0 Å². The second-order valence-corrected chi connectivity index (χ2v) is 3.98. The highest BCUT2D eigenvalue weighted by Crippen LogP contribution is 2.21. The molecule has 0 bridgehead atoms. The molecule has 0 atom stereocenters. The number of carbonyl (C=O) groups excluding carboxylic acids is 1. The summed E-state index contributed by atoms with van der Waals surface area (Å²) in [6.45, 7) is 0.235. The molecule has 0 saturated heterocycles. The van der Waals surface area contributed by atoms with E-state index >= 15 is 0 Å². The number of rotatable bonds is 0. The van der Waals surface area contributed by atoms with Crippen LogP contribution < -0.4 is 0 Å². The molecule has 1 aromatic carbocycles. The average molecular weight is 242 g/mol. The Balaban J connectivity index is 2.12. The van der Waals surface area contributed by atoms with Crippen molar-refractivity contribution in [2.75, 3.05) is 13.1 Å². The zero-order valence-corrected chi connectivity index (χ0v) is 9.05. The van der Waals surface area contributed by atoms with Crippen molar-refractivity contribution in [3.63, 3.8) is 0 Å². The summed E-state index contributed by atoms with van der Waals surface area (Å²) < 4.78 is 36.9. The molecule has 1 heterocycles. The SMILES string of the molecule is O=C(N1CCc2c[c]ccc2CC1)C(F)(F)F. The number of carbonyl (C=O) groups is 1. The smallest absolute Gasteiger partial charge is 0.334 e. The van der Waals surface area contributed by atoms with Crippen molar-refractivity contribution in [3.8, 4) is 0 Å². The third kappa shape index (κ3) is 2.60. The first-order valence-electron chi connectivity index (χ1n) is 5.32. The summed E-state index contributed by atoms with van der Waals surface area (Å²) in [6, 6.07) is 8.25. The molecule has 1 aliphatic heterocycles. The van der Waals surface area contributed by atoms with Crippen molar-refractivity contribution in [3.05, 3.63) is 35.4 Å². The number of amides is 1. The fourth-order valence-electron chi connectivity index (χ4n) is 1.98. The predicted octanol–water partition coefficient (Wildman–Crippen LogP) is 1.98. The second-order valence-electron chi connectivity index (χ2n) is 3.98. The molecule has 0 aromatic heterocycles. The van der Waals surface area contributed by atoms with Gasteiger partial charge in [0.2, 0.25) is 0 Å². The first-order chi connectivity index (χ1) is 7.98. The minimum absolute atomic E-state index is 0.114. The van der Waals surface area contributed by atoms with Gasteiger partial charge < -0.3 is 4.90 Å². The molecule has 1 amide bonds. The van der Waals surface area contributed by atoms with Gasteiger partial charge in [-0.15, -0.1) is 0 Å². The van der Waals surface area contributed by atoms with Gasteiger partial charge in [-0.1, -0.05) is 18.2 Å². The van der Waals surface area contributed by atoms with Gasteiger partial charge in [-0.3, -0.25) is 4.79 Å². The van der Waals surface area contributed by atoms with Crippen LogP contribution in [-0.4, -0.2) is 30.1 Å². The summed E-state index contributed by atoms with van der Waals surface area (Å²) in [5.74, 6) is -1.74. The topological polar surface area (TPSA) is 20.3 Å². The summed E-state index contributed by atoms with van der Waals surface area (Å²) in [6.07, 6.45) is -3.86. The van der Waals surface area contributed by atoms with Crippen LogP contribution in [0.5, 0.6) is 0 Å². The lowest BCUT2D eigenvalue weighted by molar-refractivity contribution is -0.185. The van der Waals surface area contributed by atoms with Gasteiger partial charge in [-0.25, -0.2) is 0 Å². The molecule has 0 unspecified atom stereocenters. The zero-order valence-electron chi connectivity index (χ0n) is 9.05. The van der Waals surface area contributed by atoms with Crippen LogP contribution in [0.3, 0.4) is 0 Å². The van der Waals surface area contributed by atoms with E-state index in [1.54, 1.807) is 12.1 Å². The Hall–Kier alpha value is -1.52. The maximum absolute atomic E-state index is 12.3. The Labute approximate surface area is 97.0 Å². The largest absolute Gasteiger partial charge is 0.471 e. The van der Waals surface area contributed by atoms with Crippen molar-refractivity contribution in [1.82, 2.24) is 4.90 Å². The molecule has 0 saturated carbocycles. The summed E-state index contributed by atoms with van der Waals surface area (Å²) in [5.41, 5.74) is 1.98. The van der Waals surface area contributed by atoms with E-state index in [1.165, 1.54) is 0 Å². The standard InChI is InChI=1S/C12H11F3NO/c13-12(14,15)11(17)16-7-5-9-3-1-2-4-10(9)6-8-16/h1,3-4H,5-8H2. The van der Waals surface area contributed by atoms with Crippen molar-refractivity contribution >= 4 is 5.91 Å². The molecule has 2 rings (SSSR count). The molecule has 5 heteroatoms. The number of benzene rings is 1. The normalized spacial score (nSPS) is 16.3.